The van der Waals surface area contributed by atoms with Crippen molar-refractivity contribution in [1.29, 1.82) is 0 Å². The molecule has 0 bridgehead atoms. The molecule has 0 unspecified atom stereocenters. The normalized spacial score (nSPS) is 12.2. The molecule has 0 spiro atoms. The number of anilines is 1. The van der Waals surface area contributed by atoms with Crippen LogP contribution in [0.1, 0.15) is 42.5 Å². The molecule has 2 aromatic rings. The van der Waals surface area contributed by atoms with E-state index in [-0.39, 0.29) is 12.5 Å². The van der Waals surface area contributed by atoms with E-state index in [1.54, 1.807) is 19.1 Å². The van der Waals surface area contributed by atoms with Crippen LogP contribution in [0.5, 0.6) is 0 Å². The Morgan fingerprint density at radius 1 is 1.03 bits per heavy atom. The molecular weight excluding hydrogens is 438 g/mol. The Kier molecular flexibility index (Phi) is 9.05. The van der Waals surface area contributed by atoms with Crippen molar-refractivity contribution in [2.45, 2.75) is 53.6 Å². The molecule has 0 aliphatic heterocycles. The Hall–Kier alpha value is -2.87. The fraction of sp³-hybridized carbons (Fsp3) is 0.440. The highest BCUT2D eigenvalue weighted by Gasteiger charge is 2.30. The van der Waals surface area contributed by atoms with E-state index in [1.165, 1.54) is 4.90 Å². The van der Waals surface area contributed by atoms with E-state index >= 15 is 0 Å². The van der Waals surface area contributed by atoms with Crippen molar-refractivity contribution < 1.29 is 18.0 Å². The largest absolute Gasteiger partial charge is 0.354 e. The molecule has 0 radical (unpaired) electrons. The third-order valence-corrected chi connectivity index (χ3v) is 6.75. The second kappa shape index (κ2) is 11.3. The Balaban J connectivity index is 2.39. The summed E-state index contributed by atoms with van der Waals surface area (Å²) < 4.78 is 26.3. The maximum atomic E-state index is 13.5. The zero-order valence-corrected chi connectivity index (χ0v) is 21.2. The van der Waals surface area contributed by atoms with E-state index in [1.807, 2.05) is 58.0 Å². The van der Waals surface area contributed by atoms with Crippen LogP contribution in [0.25, 0.3) is 0 Å². The van der Waals surface area contributed by atoms with Crippen LogP contribution in [0.4, 0.5) is 5.69 Å². The Labute approximate surface area is 197 Å². The third kappa shape index (κ3) is 7.32. The van der Waals surface area contributed by atoms with E-state index < -0.39 is 28.5 Å². The summed E-state index contributed by atoms with van der Waals surface area (Å²) in [6.07, 6.45) is 1.86. The van der Waals surface area contributed by atoms with Gasteiger partial charge in [-0.25, -0.2) is 8.42 Å². The Morgan fingerprint density at radius 3 is 2.30 bits per heavy atom. The van der Waals surface area contributed by atoms with Crippen molar-refractivity contribution >= 4 is 27.5 Å². The second-order valence-electron chi connectivity index (χ2n) is 8.52. The monoisotopic (exact) mass is 473 g/mol. The van der Waals surface area contributed by atoms with E-state index in [0.717, 1.165) is 39.2 Å². The summed E-state index contributed by atoms with van der Waals surface area (Å²) >= 11 is 0. The molecule has 1 atom stereocenters. The predicted octanol–water partition coefficient (Wildman–Crippen LogP) is 3.32. The lowest BCUT2D eigenvalue weighted by Gasteiger charge is -2.31. The van der Waals surface area contributed by atoms with Crippen LogP contribution in [0, 0.1) is 20.8 Å². The van der Waals surface area contributed by atoms with Crippen LogP contribution >= 0.6 is 0 Å². The number of sulfonamides is 1. The van der Waals surface area contributed by atoms with Crippen molar-refractivity contribution in [2.24, 2.45) is 0 Å². The molecule has 7 nitrogen and oxygen atoms in total. The van der Waals surface area contributed by atoms with Gasteiger partial charge in [0, 0.05) is 13.1 Å². The molecule has 33 heavy (non-hydrogen) atoms. The quantitative estimate of drug-likeness (QED) is 0.574. The molecule has 180 valence electrons. The number of hydrogen-bond acceptors (Lipinski definition) is 4. The summed E-state index contributed by atoms with van der Waals surface area (Å²) in [7, 11) is -3.73. The standard InChI is InChI=1S/C25H35N3O4S/c1-7-13-26-25(30)21(5)27(16-22-10-8-9-18(2)14-22)24(29)17-28(33(6,31)32)23-12-11-19(3)20(4)15-23/h8-12,14-15,21H,7,13,16-17H2,1-6H3,(H,26,30)/t21-/m0/s1. The molecule has 0 fully saturated rings. The van der Waals surface area contributed by atoms with E-state index in [9.17, 15) is 18.0 Å². The topological polar surface area (TPSA) is 86.8 Å². The van der Waals surface area contributed by atoms with Gasteiger partial charge in [0.2, 0.25) is 21.8 Å². The lowest BCUT2D eigenvalue weighted by Crippen LogP contribution is -2.51. The second-order valence-corrected chi connectivity index (χ2v) is 10.4. The number of rotatable bonds is 10. The highest BCUT2D eigenvalue weighted by atomic mass is 32.2. The molecule has 0 saturated carbocycles. The maximum Gasteiger partial charge on any atom is 0.244 e. The van der Waals surface area contributed by atoms with Gasteiger partial charge in [-0.1, -0.05) is 42.8 Å². The third-order valence-electron chi connectivity index (χ3n) is 5.61. The number of aryl methyl sites for hydroxylation is 3. The lowest BCUT2D eigenvalue weighted by atomic mass is 10.1. The summed E-state index contributed by atoms with van der Waals surface area (Å²) in [6.45, 7) is 9.73. The lowest BCUT2D eigenvalue weighted by molar-refractivity contribution is -0.139. The van der Waals surface area contributed by atoms with E-state index in [2.05, 4.69) is 5.32 Å². The average molecular weight is 474 g/mol. The number of amides is 2. The van der Waals surface area contributed by atoms with E-state index in [0.29, 0.717) is 12.2 Å². The summed E-state index contributed by atoms with van der Waals surface area (Å²) in [6, 6.07) is 12.2. The number of carbonyl (C=O) groups excluding carboxylic acids is 2. The van der Waals surface area contributed by atoms with E-state index in [4.69, 9.17) is 0 Å². The fourth-order valence-electron chi connectivity index (χ4n) is 3.48. The first-order valence-electron chi connectivity index (χ1n) is 11.1. The van der Waals surface area contributed by atoms with Crippen molar-refractivity contribution in [3.8, 4) is 0 Å². The smallest absolute Gasteiger partial charge is 0.244 e. The maximum absolute atomic E-state index is 13.5. The fourth-order valence-corrected chi connectivity index (χ4v) is 4.32. The Bertz CT molecular complexity index is 1100. The number of nitrogens with one attached hydrogen (secondary N) is 1. The van der Waals surface area contributed by atoms with Crippen molar-refractivity contribution in [1.82, 2.24) is 10.2 Å². The van der Waals surface area contributed by atoms with Crippen LogP contribution < -0.4 is 9.62 Å². The summed E-state index contributed by atoms with van der Waals surface area (Å²) in [5.74, 6) is -0.714. The minimum atomic E-state index is -3.73. The van der Waals surface area contributed by atoms with Crippen LogP contribution in [-0.4, -0.2) is 50.5 Å². The molecule has 2 amide bonds. The van der Waals surface area contributed by atoms with Gasteiger partial charge in [-0.15, -0.1) is 0 Å². The molecule has 8 heteroatoms. The highest BCUT2D eigenvalue weighted by Crippen LogP contribution is 2.22. The number of carbonyl (C=O) groups is 2. The van der Waals surface area contributed by atoms with Crippen LogP contribution in [0.3, 0.4) is 0 Å². The zero-order valence-electron chi connectivity index (χ0n) is 20.4. The summed E-state index contributed by atoms with van der Waals surface area (Å²) in [5.41, 5.74) is 4.29. The van der Waals surface area contributed by atoms with Gasteiger partial charge in [0.15, 0.2) is 0 Å². The molecule has 2 rings (SSSR count). The zero-order chi connectivity index (χ0) is 24.8. The molecule has 0 aromatic heterocycles. The van der Waals surface area contributed by atoms with Crippen LogP contribution in [0.2, 0.25) is 0 Å². The molecule has 0 aliphatic rings. The van der Waals surface area contributed by atoms with Gasteiger partial charge >= 0.3 is 0 Å². The van der Waals surface area contributed by atoms with Gasteiger partial charge in [-0.2, -0.15) is 0 Å². The molecule has 2 aromatic carbocycles. The molecule has 0 heterocycles. The molecule has 1 N–H and O–H groups in total. The molecule has 0 aliphatic carbocycles. The minimum Gasteiger partial charge on any atom is -0.354 e. The van der Waals surface area contributed by atoms with Crippen molar-refractivity contribution in [3.05, 3.63) is 64.7 Å². The first kappa shape index (κ1) is 26.4. The SMILES string of the molecule is CCCNC(=O)[C@H](C)N(Cc1cccc(C)c1)C(=O)CN(c1ccc(C)c(C)c1)S(C)(=O)=O. The molecular formula is C25H35N3O4S. The van der Waals surface area contributed by atoms with Crippen LogP contribution in [0.15, 0.2) is 42.5 Å². The average Bonchev–Trinajstić information content (AvgIpc) is 2.74. The van der Waals surface area contributed by atoms with Gasteiger partial charge in [-0.3, -0.25) is 13.9 Å². The Morgan fingerprint density at radius 2 is 1.73 bits per heavy atom. The highest BCUT2D eigenvalue weighted by molar-refractivity contribution is 7.92. The van der Waals surface area contributed by atoms with Crippen molar-refractivity contribution in [3.63, 3.8) is 0 Å². The molecule has 0 saturated heterocycles. The first-order valence-corrected chi connectivity index (χ1v) is 13.0. The summed E-state index contributed by atoms with van der Waals surface area (Å²) in [5, 5.41) is 2.83. The van der Waals surface area contributed by atoms with Gasteiger partial charge in [0.05, 0.1) is 11.9 Å². The van der Waals surface area contributed by atoms with Gasteiger partial charge in [0.1, 0.15) is 12.6 Å². The minimum absolute atomic E-state index is 0.200. The number of nitrogens with zero attached hydrogens (tertiary/aromatic N) is 2. The number of benzene rings is 2. The van der Waals surface area contributed by atoms with Crippen molar-refractivity contribution in [2.75, 3.05) is 23.7 Å². The van der Waals surface area contributed by atoms with Crippen LogP contribution in [-0.2, 0) is 26.2 Å². The summed E-state index contributed by atoms with van der Waals surface area (Å²) in [4.78, 5) is 27.6. The van der Waals surface area contributed by atoms with Gasteiger partial charge in [0.25, 0.3) is 0 Å². The van der Waals surface area contributed by atoms with Gasteiger partial charge < -0.3 is 10.2 Å². The predicted molar refractivity (Wildman–Crippen MR) is 133 cm³/mol. The first-order chi connectivity index (χ1) is 15.4. The van der Waals surface area contributed by atoms with Gasteiger partial charge in [-0.05, 0) is 62.9 Å². The number of hydrogen-bond donors (Lipinski definition) is 1.